The number of hydrogen-bond acceptors (Lipinski definition) is 4. The van der Waals surface area contributed by atoms with Gasteiger partial charge in [0.15, 0.2) is 23.3 Å². The van der Waals surface area contributed by atoms with E-state index in [0.29, 0.717) is 28.7 Å². The molecule has 1 aromatic heterocycles. The highest BCUT2D eigenvalue weighted by atomic mass is 127. The summed E-state index contributed by atoms with van der Waals surface area (Å²) in [5, 5.41) is 3.57. The SMILES string of the molecule is C=C[C@H]1CN2CC[C@H]1C[C@@H]2[C@H](NC(=O)c1c(F)c(F)c(F)c(F)c1I)c1ccnc2ccc(OC)cc12. The van der Waals surface area contributed by atoms with Crippen LogP contribution in [-0.2, 0) is 0 Å². The largest absolute Gasteiger partial charge is 0.497 e. The molecule has 6 rings (SSSR count). The zero-order chi connectivity index (χ0) is 26.4. The number of piperidine rings is 3. The van der Waals surface area contributed by atoms with Gasteiger partial charge in [-0.2, -0.15) is 0 Å². The maximum Gasteiger partial charge on any atom is 0.256 e. The molecular formula is C27H24F4IN3O2. The van der Waals surface area contributed by atoms with E-state index in [0.717, 1.165) is 31.3 Å². The molecule has 2 aromatic carbocycles. The first-order chi connectivity index (χ1) is 17.7. The second-order valence-corrected chi connectivity index (χ2v) is 10.5. The molecule has 3 aliphatic heterocycles. The van der Waals surface area contributed by atoms with Gasteiger partial charge in [-0.25, -0.2) is 17.6 Å². The van der Waals surface area contributed by atoms with E-state index in [1.165, 1.54) is 22.6 Å². The van der Waals surface area contributed by atoms with Gasteiger partial charge in [-0.15, -0.1) is 6.58 Å². The minimum Gasteiger partial charge on any atom is -0.497 e. The van der Waals surface area contributed by atoms with Gasteiger partial charge < -0.3 is 10.1 Å². The molecule has 37 heavy (non-hydrogen) atoms. The lowest BCUT2D eigenvalue weighted by atomic mass is 9.73. The number of nitrogens with one attached hydrogen (secondary N) is 1. The lowest BCUT2D eigenvalue weighted by molar-refractivity contribution is 0.00166. The van der Waals surface area contributed by atoms with Crippen LogP contribution in [0.4, 0.5) is 17.6 Å². The molecule has 0 saturated carbocycles. The van der Waals surface area contributed by atoms with Crippen molar-refractivity contribution in [1.29, 1.82) is 0 Å². The molecule has 3 aliphatic rings. The van der Waals surface area contributed by atoms with E-state index < -0.39 is 44.4 Å². The van der Waals surface area contributed by atoms with Crippen LogP contribution in [0.1, 0.15) is 34.8 Å². The molecule has 1 amide bonds. The predicted molar refractivity (Wildman–Crippen MR) is 139 cm³/mol. The van der Waals surface area contributed by atoms with Crippen molar-refractivity contribution in [2.45, 2.75) is 24.9 Å². The highest BCUT2D eigenvalue weighted by Crippen LogP contribution is 2.42. The van der Waals surface area contributed by atoms with E-state index in [4.69, 9.17) is 4.74 Å². The van der Waals surface area contributed by atoms with Gasteiger partial charge in [-0.05, 0) is 83.6 Å². The van der Waals surface area contributed by atoms with E-state index in [-0.39, 0.29) is 6.04 Å². The number of amides is 1. The number of methoxy groups -OCH3 is 1. The number of fused-ring (bicyclic) bond motifs is 4. The topological polar surface area (TPSA) is 54.5 Å². The second kappa shape index (κ2) is 10.2. The fraction of sp³-hybridized carbons (Fsp3) is 0.333. The number of carbonyl (C=O) groups excluding carboxylic acids is 1. The van der Waals surface area contributed by atoms with Crippen LogP contribution in [0, 0.1) is 38.7 Å². The van der Waals surface area contributed by atoms with Crippen LogP contribution in [0.3, 0.4) is 0 Å². The van der Waals surface area contributed by atoms with Gasteiger partial charge in [0.2, 0.25) is 0 Å². The second-order valence-electron chi connectivity index (χ2n) is 9.43. The van der Waals surface area contributed by atoms with Gasteiger partial charge in [0.25, 0.3) is 5.91 Å². The molecule has 3 fully saturated rings. The number of aromatic nitrogens is 1. The minimum atomic E-state index is -2.02. The Morgan fingerprint density at radius 2 is 1.97 bits per heavy atom. The van der Waals surface area contributed by atoms with E-state index in [1.807, 2.05) is 6.08 Å². The van der Waals surface area contributed by atoms with Crippen LogP contribution in [0.2, 0.25) is 0 Å². The number of ether oxygens (including phenoxy) is 1. The zero-order valence-electron chi connectivity index (χ0n) is 19.9. The first-order valence-electron chi connectivity index (χ1n) is 11.9. The lowest BCUT2D eigenvalue weighted by Gasteiger charge is -2.51. The third-order valence-corrected chi connectivity index (χ3v) is 8.59. The molecule has 0 radical (unpaired) electrons. The average molecular weight is 625 g/mol. The number of benzene rings is 2. The average Bonchev–Trinajstić information content (AvgIpc) is 2.93. The number of halogens is 5. The fourth-order valence-electron chi connectivity index (χ4n) is 5.67. The van der Waals surface area contributed by atoms with Crippen molar-refractivity contribution in [3.8, 4) is 5.75 Å². The van der Waals surface area contributed by atoms with Crippen molar-refractivity contribution in [3.05, 3.63) is 81.1 Å². The van der Waals surface area contributed by atoms with Gasteiger partial charge in [-0.1, -0.05) is 6.08 Å². The van der Waals surface area contributed by atoms with Crippen molar-refractivity contribution in [2.75, 3.05) is 20.2 Å². The van der Waals surface area contributed by atoms with Crippen LogP contribution >= 0.6 is 22.6 Å². The van der Waals surface area contributed by atoms with Crippen LogP contribution in [0.25, 0.3) is 10.9 Å². The van der Waals surface area contributed by atoms with Gasteiger partial charge in [-0.3, -0.25) is 14.7 Å². The van der Waals surface area contributed by atoms with E-state index in [1.54, 1.807) is 37.6 Å². The van der Waals surface area contributed by atoms with E-state index in [9.17, 15) is 22.4 Å². The third-order valence-electron chi connectivity index (χ3n) is 7.58. The van der Waals surface area contributed by atoms with Crippen LogP contribution in [0.5, 0.6) is 5.75 Å². The summed E-state index contributed by atoms with van der Waals surface area (Å²) in [6.07, 6.45) is 5.30. The van der Waals surface area contributed by atoms with Crippen molar-refractivity contribution in [3.63, 3.8) is 0 Å². The highest BCUT2D eigenvalue weighted by molar-refractivity contribution is 14.1. The van der Waals surface area contributed by atoms with Crippen LogP contribution < -0.4 is 10.1 Å². The Balaban J connectivity index is 1.62. The maximum absolute atomic E-state index is 14.8. The van der Waals surface area contributed by atoms with Gasteiger partial charge in [0.05, 0.1) is 27.8 Å². The standard InChI is InChI=1S/C27H24F4IN3O2/c1-3-13-12-35-9-7-14(13)10-19(35)26(16-6-8-33-18-5-4-15(37-2)11-17(16)18)34-27(36)20-21(28)22(29)23(30)24(31)25(20)32/h3-6,8,11,13-14,19,26H,1,7,9-10,12H2,2H3,(H,34,36)/t13-,14-,19+,26+/m0/s1. The monoisotopic (exact) mass is 625 g/mol. The summed E-state index contributed by atoms with van der Waals surface area (Å²) in [5.41, 5.74) is 0.512. The molecule has 4 heterocycles. The molecule has 5 atom stereocenters. The van der Waals surface area contributed by atoms with Gasteiger partial charge in [0, 0.05) is 24.2 Å². The Morgan fingerprint density at radius 1 is 1.22 bits per heavy atom. The van der Waals surface area contributed by atoms with Crippen molar-refractivity contribution >= 4 is 39.4 Å². The molecule has 3 saturated heterocycles. The Kier molecular flexibility index (Phi) is 7.14. The summed E-state index contributed by atoms with van der Waals surface area (Å²) in [4.78, 5) is 20.1. The molecule has 194 valence electrons. The van der Waals surface area contributed by atoms with Crippen LogP contribution in [-0.4, -0.2) is 42.0 Å². The van der Waals surface area contributed by atoms with Crippen molar-refractivity contribution in [1.82, 2.24) is 15.2 Å². The summed E-state index contributed by atoms with van der Waals surface area (Å²) in [6, 6.07) is 6.30. The summed E-state index contributed by atoms with van der Waals surface area (Å²) in [6.45, 7) is 5.52. The molecule has 1 N–H and O–H groups in total. The Morgan fingerprint density at radius 3 is 2.65 bits per heavy atom. The Hall–Kier alpha value is -2.73. The molecule has 5 nitrogen and oxygen atoms in total. The summed E-state index contributed by atoms with van der Waals surface area (Å²) < 4.78 is 61.7. The number of nitrogens with zero attached hydrogens (tertiary/aromatic N) is 2. The molecule has 3 aromatic rings. The Labute approximate surface area is 225 Å². The van der Waals surface area contributed by atoms with Crippen molar-refractivity contribution in [2.24, 2.45) is 11.8 Å². The number of rotatable bonds is 6. The van der Waals surface area contributed by atoms with Crippen molar-refractivity contribution < 1.29 is 27.1 Å². The molecule has 0 aliphatic carbocycles. The van der Waals surface area contributed by atoms with Crippen LogP contribution in [0.15, 0.2) is 43.1 Å². The first kappa shape index (κ1) is 25.9. The Bertz CT molecular complexity index is 1370. The molecule has 10 heteroatoms. The van der Waals surface area contributed by atoms with Gasteiger partial charge in [0.1, 0.15) is 5.75 Å². The quantitative estimate of drug-likeness (QED) is 0.124. The van der Waals surface area contributed by atoms with E-state index in [2.05, 4.69) is 21.8 Å². The number of pyridine rings is 1. The number of carbonyl (C=O) groups is 1. The number of hydrogen-bond donors (Lipinski definition) is 1. The highest BCUT2D eigenvalue weighted by Gasteiger charge is 2.44. The summed E-state index contributed by atoms with van der Waals surface area (Å²) in [7, 11) is 1.54. The third kappa shape index (κ3) is 4.47. The minimum absolute atomic E-state index is 0.174. The molecule has 2 bridgehead atoms. The lowest BCUT2D eigenvalue weighted by Crippen LogP contribution is -2.57. The summed E-state index contributed by atoms with van der Waals surface area (Å²) in [5.74, 6) is -7.07. The predicted octanol–water partition coefficient (Wildman–Crippen LogP) is 5.77. The van der Waals surface area contributed by atoms with Gasteiger partial charge >= 0.3 is 0 Å². The smallest absolute Gasteiger partial charge is 0.256 e. The summed E-state index contributed by atoms with van der Waals surface area (Å²) >= 11 is 1.32. The fourth-order valence-corrected chi connectivity index (χ4v) is 6.39. The zero-order valence-corrected chi connectivity index (χ0v) is 22.1. The molecule has 0 spiro atoms. The first-order valence-corrected chi connectivity index (χ1v) is 12.9. The van der Waals surface area contributed by atoms with E-state index >= 15 is 0 Å². The normalized spacial score (nSPS) is 23.6. The molecule has 1 unspecified atom stereocenters. The maximum atomic E-state index is 14.8. The molecular weight excluding hydrogens is 601 g/mol.